The smallest absolute Gasteiger partial charge is 0.257 e. The number of aliphatic hydroxyl groups is 1. The van der Waals surface area contributed by atoms with Gasteiger partial charge in [0.05, 0.1) is 10.9 Å². The quantitative estimate of drug-likeness (QED) is 0.908. The topological polar surface area (TPSA) is 82.7 Å². The molecular formula is C15H20N4O3S. The number of aliphatic hydroxyl groups excluding tert-OH is 1. The van der Waals surface area contributed by atoms with Crippen LogP contribution in [0, 0.1) is 0 Å². The highest BCUT2D eigenvalue weighted by Gasteiger charge is 2.28. The number of hydrogen-bond donors (Lipinski definition) is 1. The maximum atomic E-state index is 11.8. The third-order valence-electron chi connectivity index (χ3n) is 4.06. The molecule has 1 fully saturated rings. The van der Waals surface area contributed by atoms with E-state index in [1.165, 1.54) is 6.92 Å². The average molecular weight is 336 g/mol. The third kappa shape index (κ3) is 3.44. The van der Waals surface area contributed by atoms with Gasteiger partial charge in [0.15, 0.2) is 0 Å². The van der Waals surface area contributed by atoms with Crippen molar-refractivity contribution in [2.45, 2.75) is 26.0 Å². The molecule has 0 spiro atoms. The second-order valence-corrected chi connectivity index (χ2v) is 6.58. The molecular weight excluding hydrogens is 316 g/mol. The van der Waals surface area contributed by atoms with Gasteiger partial charge < -0.3 is 14.4 Å². The highest BCUT2D eigenvalue weighted by atomic mass is 32.1. The van der Waals surface area contributed by atoms with Crippen molar-refractivity contribution in [3.63, 3.8) is 0 Å². The number of carbonyl (C=O) groups excluding carboxylic acids is 1. The lowest BCUT2D eigenvalue weighted by molar-refractivity contribution is -0.141. The Morgan fingerprint density at radius 2 is 2.04 bits per heavy atom. The van der Waals surface area contributed by atoms with E-state index in [-0.39, 0.29) is 11.9 Å². The molecule has 1 saturated heterocycles. The van der Waals surface area contributed by atoms with E-state index in [1.54, 1.807) is 16.2 Å². The Hall–Kier alpha value is -1.77. The fourth-order valence-corrected chi connectivity index (χ4v) is 3.30. The van der Waals surface area contributed by atoms with Crippen LogP contribution in [-0.2, 0) is 4.79 Å². The van der Waals surface area contributed by atoms with E-state index in [2.05, 4.69) is 15.1 Å². The van der Waals surface area contributed by atoms with E-state index in [9.17, 15) is 9.90 Å². The second-order valence-electron chi connectivity index (χ2n) is 5.64. The molecule has 8 heteroatoms. The van der Waals surface area contributed by atoms with Gasteiger partial charge in [0.2, 0.25) is 5.89 Å². The van der Waals surface area contributed by atoms with Gasteiger partial charge >= 0.3 is 0 Å². The van der Waals surface area contributed by atoms with Gasteiger partial charge in [-0.05, 0) is 25.3 Å². The van der Waals surface area contributed by atoms with Gasteiger partial charge in [0.25, 0.3) is 11.8 Å². The van der Waals surface area contributed by atoms with Crippen molar-refractivity contribution in [3.8, 4) is 10.8 Å². The molecule has 0 radical (unpaired) electrons. The lowest BCUT2D eigenvalue weighted by Gasteiger charge is -2.37. The first-order chi connectivity index (χ1) is 11.1. The number of carbonyl (C=O) groups is 1. The van der Waals surface area contributed by atoms with Crippen molar-refractivity contribution in [1.82, 2.24) is 20.0 Å². The standard InChI is InChI=1S/C15H20N4O3S/c1-10(13-16-17-14(22-13)12-4-3-9-23-12)18-5-7-19(8-6-18)15(21)11(2)20/h3-4,9-11,20H,5-8H2,1-2H3. The molecule has 3 heterocycles. The van der Waals surface area contributed by atoms with Crippen LogP contribution in [0.4, 0.5) is 0 Å². The molecule has 1 amide bonds. The Bertz CT molecular complexity index is 647. The minimum Gasteiger partial charge on any atom is -0.418 e. The summed E-state index contributed by atoms with van der Waals surface area (Å²) in [6.45, 7) is 6.16. The van der Waals surface area contributed by atoms with E-state index in [0.717, 1.165) is 18.0 Å². The number of thiophene rings is 1. The summed E-state index contributed by atoms with van der Waals surface area (Å²) < 4.78 is 5.78. The number of amides is 1. The molecule has 0 saturated carbocycles. The molecule has 2 aromatic heterocycles. The molecule has 124 valence electrons. The van der Waals surface area contributed by atoms with Crippen molar-refractivity contribution >= 4 is 17.2 Å². The summed E-state index contributed by atoms with van der Waals surface area (Å²) >= 11 is 1.57. The van der Waals surface area contributed by atoms with Crippen LogP contribution in [0.5, 0.6) is 0 Å². The zero-order chi connectivity index (χ0) is 16.4. The molecule has 0 aliphatic carbocycles. The number of nitrogens with zero attached hydrogens (tertiary/aromatic N) is 4. The number of rotatable bonds is 4. The maximum absolute atomic E-state index is 11.8. The zero-order valence-electron chi connectivity index (χ0n) is 13.2. The van der Waals surface area contributed by atoms with Crippen LogP contribution in [0.3, 0.4) is 0 Å². The Labute approximate surface area is 138 Å². The molecule has 1 aliphatic rings. The second kappa shape index (κ2) is 6.77. The monoisotopic (exact) mass is 336 g/mol. The van der Waals surface area contributed by atoms with Crippen LogP contribution in [0.1, 0.15) is 25.8 Å². The molecule has 23 heavy (non-hydrogen) atoms. The van der Waals surface area contributed by atoms with E-state index < -0.39 is 6.10 Å². The lowest BCUT2D eigenvalue weighted by atomic mass is 10.2. The summed E-state index contributed by atoms with van der Waals surface area (Å²) in [5, 5.41) is 19.6. The first-order valence-electron chi connectivity index (χ1n) is 7.64. The van der Waals surface area contributed by atoms with Crippen molar-refractivity contribution in [2.24, 2.45) is 0 Å². The van der Waals surface area contributed by atoms with Gasteiger partial charge in [-0.25, -0.2) is 0 Å². The van der Waals surface area contributed by atoms with Crippen molar-refractivity contribution in [1.29, 1.82) is 0 Å². The largest absolute Gasteiger partial charge is 0.418 e. The van der Waals surface area contributed by atoms with E-state index in [0.29, 0.717) is 24.9 Å². The highest BCUT2D eigenvalue weighted by molar-refractivity contribution is 7.13. The predicted molar refractivity (Wildman–Crippen MR) is 85.9 cm³/mol. The molecule has 1 aliphatic heterocycles. The van der Waals surface area contributed by atoms with Crippen LogP contribution in [0.25, 0.3) is 10.8 Å². The summed E-state index contributed by atoms with van der Waals surface area (Å²) in [6, 6.07) is 3.90. The maximum Gasteiger partial charge on any atom is 0.257 e. The Morgan fingerprint density at radius 3 is 2.65 bits per heavy atom. The number of aromatic nitrogens is 2. The Morgan fingerprint density at radius 1 is 1.30 bits per heavy atom. The fraction of sp³-hybridized carbons (Fsp3) is 0.533. The third-order valence-corrected chi connectivity index (χ3v) is 4.92. The number of piperazine rings is 1. The lowest BCUT2D eigenvalue weighted by Crippen LogP contribution is -2.51. The highest BCUT2D eigenvalue weighted by Crippen LogP contribution is 2.27. The normalized spacial score (nSPS) is 18.8. The summed E-state index contributed by atoms with van der Waals surface area (Å²) in [6.07, 6.45) is -0.941. The summed E-state index contributed by atoms with van der Waals surface area (Å²) in [4.78, 5) is 16.7. The van der Waals surface area contributed by atoms with Gasteiger partial charge in [-0.3, -0.25) is 9.69 Å². The molecule has 0 aromatic carbocycles. The van der Waals surface area contributed by atoms with Crippen LogP contribution >= 0.6 is 11.3 Å². The zero-order valence-corrected chi connectivity index (χ0v) is 14.0. The first kappa shape index (κ1) is 16.1. The van der Waals surface area contributed by atoms with Gasteiger partial charge in [0.1, 0.15) is 6.10 Å². The minimum atomic E-state index is -0.941. The molecule has 2 unspecified atom stereocenters. The predicted octanol–water partition coefficient (Wildman–Crippen LogP) is 1.38. The molecule has 1 N–H and O–H groups in total. The van der Waals surface area contributed by atoms with Crippen LogP contribution in [0.15, 0.2) is 21.9 Å². The van der Waals surface area contributed by atoms with Gasteiger partial charge in [-0.2, -0.15) is 0 Å². The van der Waals surface area contributed by atoms with E-state index >= 15 is 0 Å². The SMILES string of the molecule is CC(O)C(=O)N1CCN(C(C)c2nnc(-c3cccs3)o2)CC1. The van der Waals surface area contributed by atoms with Gasteiger partial charge in [-0.1, -0.05) is 6.07 Å². The Kier molecular flexibility index (Phi) is 4.74. The average Bonchev–Trinajstić information content (AvgIpc) is 3.24. The van der Waals surface area contributed by atoms with Crippen LogP contribution in [0.2, 0.25) is 0 Å². The number of hydrogen-bond acceptors (Lipinski definition) is 7. The molecule has 7 nitrogen and oxygen atoms in total. The van der Waals surface area contributed by atoms with Crippen LogP contribution < -0.4 is 0 Å². The minimum absolute atomic E-state index is 0.0000132. The molecule has 2 aromatic rings. The van der Waals surface area contributed by atoms with E-state index in [4.69, 9.17) is 4.42 Å². The van der Waals surface area contributed by atoms with Gasteiger partial charge in [0, 0.05) is 26.2 Å². The molecule has 2 atom stereocenters. The van der Waals surface area contributed by atoms with Gasteiger partial charge in [-0.15, -0.1) is 21.5 Å². The van der Waals surface area contributed by atoms with Crippen molar-refractivity contribution in [2.75, 3.05) is 26.2 Å². The fourth-order valence-electron chi connectivity index (χ4n) is 2.65. The Balaban J connectivity index is 1.61. The summed E-state index contributed by atoms with van der Waals surface area (Å²) in [5.74, 6) is 0.920. The summed E-state index contributed by atoms with van der Waals surface area (Å²) in [7, 11) is 0. The first-order valence-corrected chi connectivity index (χ1v) is 8.52. The van der Waals surface area contributed by atoms with Crippen LogP contribution in [-0.4, -0.2) is 63.3 Å². The summed E-state index contributed by atoms with van der Waals surface area (Å²) in [5.41, 5.74) is 0. The molecule has 3 rings (SSSR count). The molecule has 0 bridgehead atoms. The van der Waals surface area contributed by atoms with Crippen molar-refractivity contribution in [3.05, 3.63) is 23.4 Å². The van der Waals surface area contributed by atoms with E-state index in [1.807, 2.05) is 24.4 Å². The van der Waals surface area contributed by atoms with Crippen molar-refractivity contribution < 1.29 is 14.3 Å².